The monoisotopic (exact) mass is 418 g/mol. The molecule has 0 aromatic heterocycles. The van der Waals surface area contributed by atoms with E-state index in [1.165, 1.54) is 4.90 Å². The van der Waals surface area contributed by atoms with Crippen molar-refractivity contribution >= 4 is 23.4 Å². The molecular formula is C23H22N4O4. The average molecular weight is 418 g/mol. The van der Waals surface area contributed by atoms with Crippen molar-refractivity contribution in [2.45, 2.75) is 19.1 Å². The Morgan fingerprint density at radius 3 is 2.65 bits per heavy atom. The summed E-state index contributed by atoms with van der Waals surface area (Å²) in [5, 5.41) is 4.15. The number of hydrogen-bond acceptors (Lipinski definition) is 5. The molecule has 2 aromatic rings. The number of carbonyl (C=O) groups is 2. The number of hydrogen-bond donors (Lipinski definition) is 0. The van der Waals surface area contributed by atoms with Crippen molar-refractivity contribution in [3.63, 3.8) is 0 Å². The topological polar surface area (TPSA) is 75.8 Å². The van der Waals surface area contributed by atoms with Gasteiger partial charge in [0.1, 0.15) is 13.2 Å². The van der Waals surface area contributed by atoms with Crippen LogP contribution in [0.2, 0.25) is 0 Å². The summed E-state index contributed by atoms with van der Waals surface area (Å²) in [7, 11) is 0. The highest BCUT2D eigenvalue weighted by atomic mass is 16.6. The molecule has 31 heavy (non-hydrogen) atoms. The Labute approximate surface area is 180 Å². The standard InChI is InChI=1S/C23H22N4O4/c1-24-19-9-7-18(8-10-19)21-13-20(31-25-21)14-26-11-12-27(15-22(26)28)23(29)30-16-17-5-3-2-4-6-17/h2-10,20H,11-16H2. The van der Waals surface area contributed by atoms with Crippen molar-refractivity contribution in [2.75, 3.05) is 26.2 Å². The highest BCUT2D eigenvalue weighted by Gasteiger charge is 2.32. The molecule has 0 saturated carbocycles. The Balaban J connectivity index is 1.24. The molecule has 0 N–H and O–H groups in total. The first-order chi connectivity index (χ1) is 15.1. The van der Waals surface area contributed by atoms with Crippen molar-refractivity contribution < 1.29 is 19.2 Å². The molecule has 2 aromatic carbocycles. The van der Waals surface area contributed by atoms with Crippen LogP contribution in [0.3, 0.4) is 0 Å². The molecule has 1 saturated heterocycles. The molecule has 1 unspecified atom stereocenters. The minimum absolute atomic E-state index is 0.00779. The van der Waals surface area contributed by atoms with Gasteiger partial charge in [0.15, 0.2) is 11.8 Å². The predicted molar refractivity (Wildman–Crippen MR) is 114 cm³/mol. The molecule has 2 heterocycles. The Bertz CT molecular complexity index is 1010. The van der Waals surface area contributed by atoms with Gasteiger partial charge in [0.25, 0.3) is 0 Å². The first-order valence-corrected chi connectivity index (χ1v) is 10.1. The van der Waals surface area contributed by atoms with Crippen LogP contribution in [-0.2, 0) is 21.0 Å². The van der Waals surface area contributed by atoms with Crippen molar-refractivity contribution in [3.05, 3.63) is 77.1 Å². The minimum Gasteiger partial charge on any atom is -0.445 e. The molecule has 2 aliphatic heterocycles. The van der Waals surface area contributed by atoms with Gasteiger partial charge in [0.05, 0.1) is 18.8 Å². The van der Waals surface area contributed by atoms with E-state index in [1.807, 2.05) is 42.5 Å². The zero-order chi connectivity index (χ0) is 21.6. The van der Waals surface area contributed by atoms with E-state index in [4.69, 9.17) is 16.1 Å². The van der Waals surface area contributed by atoms with E-state index in [9.17, 15) is 9.59 Å². The Morgan fingerprint density at radius 2 is 1.94 bits per heavy atom. The lowest BCUT2D eigenvalue weighted by Crippen LogP contribution is -2.53. The number of amides is 2. The SMILES string of the molecule is [C-]#[N+]c1ccc(C2=NOC(CN3CCN(C(=O)OCc4ccccc4)CC3=O)C2)cc1. The zero-order valence-electron chi connectivity index (χ0n) is 16.9. The second-order valence-electron chi connectivity index (χ2n) is 7.43. The summed E-state index contributed by atoms with van der Waals surface area (Å²) >= 11 is 0. The van der Waals surface area contributed by atoms with Gasteiger partial charge in [-0.2, -0.15) is 0 Å². The third kappa shape index (κ3) is 5.01. The molecule has 0 radical (unpaired) electrons. The second kappa shape index (κ2) is 9.30. The van der Waals surface area contributed by atoms with E-state index in [0.29, 0.717) is 31.7 Å². The normalized spacial score (nSPS) is 18.2. The molecular weight excluding hydrogens is 396 g/mol. The molecule has 158 valence electrons. The lowest BCUT2D eigenvalue weighted by molar-refractivity contribution is -0.137. The van der Waals surface area contributed by atoms with Crippen molar-refractivity contribution in [2.24, 2.45) is 5.16 Å². The number of piperazine rings is 1. The molecule has 0 spiro atoms. The Kier molecular flexibility index (Phi) is 6.13. The number of carbonyl (C=O) groups excluding carboxylic acids is 2. The maximum Gasteiger partial charge on any atom is 0.410 e. The number of rotatable bonds is 5. The van der Waals surface area contributed by atoms with Crippen LogP contribution in [-0.4, -0.2) is 59.8 Å². The first-order valence-electron chi connectivity index (χ1n) is 10.1. The van der Waals surface area contributed by atoms with E-state index in [-0.39, 0.29) is 25.2 Å². The minimum atomic E-state index is -0.484. The highest BCUT2D eigenvalue weighted by Crippen LogP contribution is 2.21. The molecule has 1 atom stereocenters. The Morgan fingerprint density at radius 1 is 1.16 bits per heavy atom. The fourth-order valence-electron chi connectivity index (χ4n) is 3.54. The van der Waals surface area contributed by atoms with Gasteiger partial charge in [0.2, 0.25) is 5.91 Å². The summed E-state index contributed by atoms with van der Waals surface area (Å²) in [5.74, 6) is -0.138. The summed E-state index contributed by atoms with van der Waals surface area (Å²) in [6.45, 7) is 8.45. The summed E-state index contributed by atoms with van der Waals surface area (Å²) < 4.78 is 5.32. The molecule has 2 aliphatic rings. The van der Waals surface area contributed by atoms with Gasteiger partial charge in [-0.25, -0.2) is 9.64 Å². The third-order valence-corrected chi connectivity index (χ3v) is 5.27. The number of ether oxygens (including phenoxy) is 1. The smallest absolute Gasteiger partial charge is 0.410 e. The summed E-state index contributed by atoms with van der Waals surface area (Å²) in [5.41, 5.74) is 3.19. The van der Waals surface area contributed by atoms with Crippen molar-refractivity contribution in [1.82, 2.24) is 9.80 Å². The van der Waals surface area contributed by atoms with Crippen molar-refractivity contribution in [1.29, 1.82) is 0 Å². The largest absolute Gasteiger partial charge is 0.445 e. The average Bonchev–Trinajstić information content (AvgIpc) is 3.28. The number of oxime groups is 1. The molecule has 1 fully saturated rings. The number of benzene rings is 2. The highest BCUT2D eigenvalue weighted by molar-refractivity contribution is 6.01. The van der Waals surface area contributed by atoms with E-state index >= 15 is 0 Å². The van der Waals surface area contributed by atoms with E-state index in [2.05, 4.69) is 10.0 Å². The first kappa shape index (κ1) is 20.4. The molecule has 4 rings (SSSR count). The molecule has 8 nitrogen and oxygen atoms in total. The summed E-state index contributed by atoms with van der Waals surface area (Å²) in [6.07, 6.45) is -0.122. The van der Waals surface area contributed by atoms with Crippen molar-refractivity contribution in [3.8, 4) is 0 Å². The number of nitrogens with zero attached hydrogens (tertiary/aromatic N) is 4. The zero-order valence-corrected chi connectivity index (χ0v) is 16.9. The summed E-state index contributed by atoms with van der Waals surface area (Å²) in [6, 6.07) is 16.6. The van der Waals surface area contributed by atoms with Crippen LogP contribution < -0.4 is 0 Å². The maximum absolute atomic E-state index is 12.5. The van der Waals surface area contributed by atoms with Crippen LogP contribution in [0, 0.1) is 6.57 Å². The van der Waals surface area contributed by atoms with Gasteiger partial charge in [-0.05, 0) is 11.1 Å². The summed E-state index contributed by atoms with van der Waals surface area (Å²) in [4.78, 5) is 36.9. The van der Waals surface area contributed by atoms with E-state index < -0.39 is 6.09 Å². The van der Waals surface area contributed by atoms with Crippen LogP contribution in [0.15, 0.2) is 59.8 Å². The maximum atomic E-state index is 12.5. The lowest BCUT2D eigenvalue weighted by Gasteiger charge is -2.34. The van der Waals surface area contributed by atoms with Crippen LogP contribution in [0.25, 0.3) is 4.85 Å². The molecule has 8 heteroatoms. The van der Waals surface area contributed by atoms with E-state index in [1.54, 1.807) is 17.0 Å². The van der Waals surface area contributed by atoms with Gasteiger partial charge >= 0.3 is 6.09 Å². The fourth-order valence-corrected chi connectivity index (χ4v) is 3.54. The van der Waals surface area contributed by atoms with Gasteiger partial charge in [-0.1, -0.05) is 59.8 Å². The molecule has 0 aliphatic carbocycles. The predicted octanol–water partition coefficient (Wildman–Crippen LogP) is 3.21. The van der Waals surface area contributed by atoms with E-state index in [0.717, 1.165) is 16.8 Å². The molecule has 0 bridgehead atoms. The van der Waals surface area contributed by atoms with Crippen LogP contribution in [0.5, 0.6) is 0 Å². The second-order valence-corrected chi connectivity index (χ2v) is 7.43. The lowest BCUT2D eigenvalue weighted by atomic mass is 10.0. The van der Waals surface area contributed by atoms with Crippen LogP contribution in [0.1, 0.15) is 17.5 Å². The molecule has 2 amide bonds. The van der Waals surface area contributed by atoms with Gasteiger partial charge in [-0.3, -0.25) is 9.69 Å². The van der Waals surface area contributed by atoms with Crippen LogP contribution in [0.4, 0.5) is 10.5 Å². The van der Waals surface area contributed by atoms with Gasteiger partial charge in [0, 0.05) is 19.5 Å². The van der Waals surface area contributed by atoms with Gasteiger partial charge < -0.3 is 14.5 Å². The Hall–Kier alpha value is -3.86. The quantitative estimate of drug-likeness (QED) is 0.699. The van der Waals surface area contributed by atoms with Gasteiger partial charge in [-0.15, -0.1) is 0 Å². The fraction of sp³-hybridized carbons (Fsp3) is 0.304. The third-order valence-electron chi connectivity index (χ3n) is 5.27. The van der Waals surface area contributed by atoms with Crippen LogP contribution >= 0.6 is 0 Å².